The van der Waals surface area contributed by atoms with Crippen LogP contribution in [0.3, 0.4) is 0 Å². The molecule has 0 unspecified atom stereocenters. The zero-order valence-electron chi connectivity index (χ0n) is 9.64. The number of aryl methyl sites for hydroxylation is 2. The van der Waals surface area contributed by atoms with Gasteiger partial charge in [0.05, 0.1) is 11.3 Å². The third-order valence-electron chi connectivity index (χ3n) is 2.39. The zero-order valence-corrected chi connectivity index (χ0v) is 9.64. The SMILES string of the molecule is Cc1cc(NC(=O)c2ccccc2O)n(C)n1. The molecule has 0 aliphatic carbocycles. The Bertz CT molecular complexity index is 561. The number of phenolic OH excluding ortho intramolecular Hbond substituents is 1. The summed E-state index contributed by atoms with van der Waals surface area (Å²) in [5, 5.41) is 16.4. The standard InChI is InChI=1S/C12H13N3O2/c1-8-7-11(15(2)14-8)13-12(17)9-5-3-4-6-10(9)16/h3-7,16H,1-2H3,(H,13,17). The number of benzene rings is 1. The molecule has 0 radical (unpaired) electrons. The molecule has 2 N–H and O–H groups in total. The number of carbonyl (C=O) groups is 1. The number of phenols is 1. The van der Waals surface area contributed by atoms with E-state index in [4.69, 9.17) is 0 Å². The molecule has 1 amide bonds. The number of nitrogens with one attached hydrogen (secondary N) is 1. The van der Waals surface area contributed by atoms with Gasteiger partial charge in [-0.25, -0.2) is 0 Å². The Hall–Kier alpha value is -2.30. The van der Waals surface area contributed by atoms with Crippen LogP contribution >= 0.6 is 0 Å². The molecular weight excluding hydrogens is 218 g/mol. The summed E-state index contributed by atoms with van der Waals surface area (Å²) >= 11 is 0. The van der Waals surface area contributed by atoms with Crippen molar-refractivity contribution in [2.24, 2.45) is 7.05 Å². The molecule has 0 spiro atoms. The van der Waals surface area contributed by atoms with Crippen LogP contribution in [-0.4, -0.2) is 20.8 Å². The normalized spacial score (nSPS) is 10.2. The second kappa shape index (κ2) is 4.29. The van der Waals surface area contributed by atoms with Crippen molar-refractivity contribution in [2.45, 2.75) is 6.92 Å². The van der Waals surface area contributed by atoms with Crippen LogP contribution in [0.25, 0.3) is 0 Å². The topological polar surface area (TPSA) is 67.2 Å². The lowest BCUT2D eigenvalue weighted by atomic mass is 10.2. The van der Waals surface area contributed by atoms with Crippen molar-refractivity contribution in [2.75, 3.05) is 5.32 Å². The van der Waals surface area contributed by atoms with Gasteiger partial charge >= 0.3 is 0 Å². The number of amides is 1. The first-order valence-corrected chi connectivity index (χ1v) is 5.18. The summed E-state index contributed by atoms with van der Waals surface area (Å²) in [6.45, 7) is 1.84. The first kappa shape index (κ1) is 11.2. The van der Waals surface area contributed by atoms with Gasteiger partial charge in [0.1, 0.15) is 11.6 Å². The fourth-order valence-electron chi connectivity index (χ4n) is 1.58. The number of nitrogens with zero attached hydrogens (tertiary/aromatic N) is 2. The highest BCUT2D eigenvalue weighted by Crippen LogP contribution is 2.17. The summed E-state index contributed by atoms with van der Waals surface area (Å²) in [6.07, 6.45) is 0. The maximum atomic E-state index is 11.9. The van der Waals surface area contributed by atoms with Gasteiger partial charge < -0.3 is 10.4 Å². The fraction of sp³-hybridized carbons (Fsp3) is 0.167. The van der Waals surface area contributed by atoms with Crippen LogP contribution in [0.1, 0.15) is 16.1 Å². The number of hydrogen-bond donors (Lipinski definition) is 2. The van der Waals surface area contributed by atoms with Crippen molar-refractivity contribution in [3.63, 3.8) is 0 Å². The average molecular weight is 231 g/mol. The molecule has 88 valence electrons. The van der Waals surface area contributed by atoms with Crippen molar-refractivity contribution < 1.29 is 9.90 Å². The Morgan fingerprint density at radius 1 is 1.41 bits per heavy atom. The van der Waals surface area contributed by atoms with Crippen molar-refractivity contribution in [3.05, 3.63) is 41.6 Å². The molecule has 17 heavy (non-hydrogen) atoms. The summed E-state index contributed by atoms with van der Waals surface area (Å²) in [5.74, 6) is 0.200. The van der Waals surface area contributed by atoms with Crippen LogP contribution in [0, 0.1) is 6.92 Å². The summed E-state index contributed by atoms with van der Waals surface area (Å²) in [6, 6.07) is 8.17. The van der Waals surface area contributed by atoms with Gasteiger partial charge in [-0.05, 0) is 19.1 Å². The number of anilines is 1. The minimum atomic E-state index is -0.355. The van der Waals surface area contributed by atoms with E-state index in [0.717, 1.165) is 5.69 Å². The Labute approximate surface area is 98.7 Å². The maximum Gasteiger partial charge on any atom is 0.260 e. The Kier molecular flexibility index (Phi) is 2.82. The monoisotopic (exact) mass is 231 g/mol. The second-order valence-electron chi connectivity index (χ2n) is 3.77. The lowest BCUT2D eigenvalue weighted by Crippen LogP contribution is -2.14. The molecule has 2 rings (SSSR count). The van der Waals surface area contributed by atoms with Crippen LogP contribution in [0.5, 0.6) is 5.75 Å². The second-order valence-corrected chi connectivity index (χ2v) is 3.77. The Morgan fingerprint density at radius 2 is 2.12 bits per heavy atom. The highest BCUT2D eigenvalue weighted by molar-refractivity contribution is 6.05. The van der Waals surface area contributed by atoms with E-state index >= 15 is 0 Å². The van der Waals surface area contributed by atoms with Crippen LogP contribution in [-0.2, 0) is 7.05 Å². The summed E-state index contributed by atoms with van der Waals surface area (Å²) in [7, 11) is 1.74. The first-order chi connectivity index (χ1) is 8.08. The highest BCUT2D eigenvalue weighted by Gasteiger charge is 2.12. The number of carbonyl (C=O) groups excluding carboxylic acids is 1. The lowest BCUT2D eigenvalue weighted by molar-refractivity contribution is 0.102. The smallest absolute Gasteiger partial charge is 0.260 e. The van der Waals surface area contributed by atoms with E-state index in [2.05, 4.69) is 10.4 Å². The van der Waals surface area contributed by atoms with E-state index in [1.165, 1.54) is 6.07 Å². The van der Waals surface area contributed by atoms with Gasteiger partial charge in [0.25, 0.3) is 5.91 Å². The largest absolute Gasteiger partial charge is 0.507 e. The predicted molar refractivity (Wildman–Crippen MR) is 64.0 cm³/mol. The molecular formula is C12H13N3O2. The van der Waals surface area contributed by atoms with Crippen LogP contribution in [0.2, 0.25) is 0 Å². The van der Waals surface area contributed by atoms with Crippen LogP contribution in [0.15, 0.2) is 30.3 Å². The fourth-order valence-corrected chi connectivity index (χ4v) is 1.58. The molecule has 5 nitrogen and oxygen atoms in total. The molecule has 0 aliphatic heterocycles. The molecule has 1 aromatic heterocycles. The molecule has 0 bridgehead atoms. The number of rotatable bonds is 2. The van der Waals surface area contributed by atoms with Crippen molar-refractivity contribution in [1.29, 1.82) is 0 Å². The Balaban J connectivity index is 2.23. The van der Waals surface area contributed by atoms with E-state index in [1.807, 2.05) is 6.92 Å². The van der Waals surface area contributed by atoms with Gasteiger partial charge in [-0.3, -0.25) is 9.48 Å². The number of hydrogen-bond acceptors (Lipinski definition) is 3. The average Bonchev–Trinajstić information content (AvgIpc) is 2.58. The van der Waals surface area contributed by atoms with Crippen LogP contribution < -0.4 is 5.32 Å². The molecule has 0 atom stereocenters. The van der Waals surface area contributed by atoms with Gasteiger partial charge in [-0.1, -0.05) is 12.1 Å². The van der Waals surface area contributed by atoms with Gasteiger partial charge in [0.2, 0.25) is 0 Å². The molecule has 0 aliphatic rings. The number of para-hydroxylation sites is 1. The predicted octanol–water partition coefficient (Wildman–Crippen LogP) is 1.69. The van der Waals surface area contributed by atoms with Crippen molar-refractivity contribution in [3.8, 4) is 5.75 Å². The molecule has 0 saturated carbocycles. The highest BCUT2D eigenvalue weighted by atomic mass is 16.3. The van der Waals surface area contributed by atoms with E-state index in [-0.39, 0.29) is 17.2 Å². The minimum Gasteiger partial charge on any atom is -0.507 e. The van der Waals surface area contributed by atoms with Gasteiger partial charge in [0.15, 0.2) is 0 Å². The summed E-state index contributed by atoms with van der Waals surface area (Å²) in [5.41, 5.74) is 1.06. The van der Waals surface area contributed by atoms with E-state index < -0.39 is 0 Å². The number of aromatic hydroxyl groups is 1. The quantitative estimate of drug-likeness (QED) is 0.826. The maximum absolute atomic E-state index is 11.9. The third kappa shape index (κ3) is 2.28. The zero-order chi connectivity index (χ0) is 12.4. The molecule has 1 heterocycles. The number of aromatic nitrogens is 2. The third-order valence-corrected chi connectivity index (χ3v) is 2.39. The lowest BCUT2D eigenvalue weighted by Gasteiger charge is -2.06. The van der Waals surface area contributed by atoms with Crippen LogP contribution in [0.4, 0.5) is 5.82 Å². The Morgan fingerprint density at radius 3 is 2.71 bits per heavy atom. The van der Waals surface area contributed by atoms with E-state index in [1.54, 1.807) is 36.0 Å². The first-order valence-electron chi connectivity index (χ1n) is 5.18. The van der Waals surface area contributed by atoms with Crippen molar-refractivity contribution in [1.82, 2.24) is 9.78 Å². The minimum absolute atomic E-state index is 0.0381. The molecule has 0 saturated heterocycles. The van der Waals surface area contributed by atoms with Gasteiger partial charge in [-0.2, -0.15) is 5.10 Å². The molecule has 5 heteroatoms. The van der Waals surface area contributed by atoms with Gasteiger partial charge in [0, 0.05) is 13.1 Å². The summed E-state index contributed by atoms with van der Waals surface area (Å²) in [4.78, 5) is 11.9. The van der Waals surface area contributed by atoms with Crippen molar-refractivity contribution >= 4 is 11.7 Å². The molecule has 2 aromatic rings. The summed E-state index contributed by atoms with van der Waals surface area (Å²) < 4.78 is 1.58. The van der Waals surface area contributed by atoms with E-state index in [0.29, 0.717) is 5.82 Å². The molecule has 1 aromatic carbocycles. The van der Waals surface area contributed by atoms with E-state index in [9.17, 15) is 9.90 Å². The van der Waals surface area contributed by atoms with Gasteiger partial charge in [-0.15, -0.1) is 0 Å². The molecule has 0 fully saturated rings.